The van der Waals surface area contributed by atoms with Crippen molar-refractivity contribution in [2.45, 2.75) is 18.3 Å². The van der Waals surface area contributed by atoms with Crippen LogP contribution in [0.15, 0.2) is 48.5 Å². The summed E-state index contributed by atoms with van der Waals surface area (Å²) >= 11 is 12.0. The van der Waals surface area contributed by atoms with Crippen molar-refractivity contribution in [3.63, 3.8) is 0 Å². The van der Waals surface area contributed by atoms with Crippen LogP contribution in [0, 0.1) is 5.92 Å². The van der Waals surface area contributed by atoms with Crippen LogP contribution in [0.1, 0.15) is 11.1 Å². The molecule has 4 rings (SSSR count). The second-order valence-corrected chi connectivity index (χ2v) is 10.2. The molecule has 2 aliphatic heterocycles. The van der Waals surface area contributed by atoms with Crippen molar-refractivity contribution in [1.29, 1.82) is 0 Å². The van der Waals surface area contributed by atoms with Gasteiger partial charge in [0.1, 0.15) is 0 Å². The lowest BCUT2D eigenvalue weighted by molar-refractivity contribution is 0.148. The van der Waals surface area contributed by atoms with Gasteiger partial charge in [-0.3, -0.25) is 0 Å². The Kier molecular flexibility index (Phi) is 5.75. The van der Waals surface area contributed by atoms with Gasteiger partial charge in [0.2, 0.25) is 10.0 Å². The van der Waals surface area contributed by atoms with E-state index in [0.717, 1.165) is 11.1 Å². The lowest BCUT2D eigenvalue weighted by atomic mass is 9.96. The monoisotopic (exact) mass is 453 g/mol. The van der Waals surface area contributed by atoms with Crippen LogP contribution in [0.4, 0.5) is 4.79 Å². The number of hydrogen-bond donors (Lipinski definition) is 1. The first-order valence-corrected chi connectivity index (χ1v) is 11.7. The summed E-state index contributed by atoms with van der Waals surface area (Å²) in [6.45, 7) is 1.71. The highest BCUT2D eigenvalue weighted by molar-refractivity contribution is 7.88. The van der Waals surface area contributed by atoms with Crippen LogP contribution in [0.3, 0.4) is 0 Å². The Morgan fingerprint density at radius 1 is 1.07 bits per heavy atom. The summed E-state index contributed by atoms with van der Waals surface area (Å²) in [5.41, 5.74) is 1.54. The summed E-state index contributed by atoms with van der Waals surface area (Å²) in [6.07, 6.45) is 0. The quantitative estimate of drug-likeness (QED) is 0.754. The van der Waals surface area contributed by atoms with E-state index in [4.69, 9.17) is 23.2 Å². The number of amides is 2. The molecule has 6 nitrogen and oxygen atoms in total. The zero-order valence-electron chi connectivity index (χ0n) is 15.6. The number of sulfonamides is 1. The maximum Gasteiger partial charge on any atom is 0.317 e. The molecular weight excluding hydrogens is 433 g/mol. The van der Waals surface area contributed by atoms with Gasteiger partial charge in [-0.25, -0.2) is 13.2 Å². The molecule has 2 fully saturated rings. The standard InChI is InChI=1S/C20H21Cl2N3O3S/c21-17-7-6-15(18(22)8-17)9-23-20(26)24-10-16-11-25(19(16)12-24)29(27,28)13-14-4-2-1-3-5-14/h1-8,16,19H,9-13H2,(H,23,26). The van der Waals surface area contributed by atoms with E-state index < -0.39 is 10.0 Å². The fraction of sp³-hybridized carbons (Fsp3) is 0.350. The maximum atomic E-state index is 12.8. The third-order valence-corrected chi connectivity index (χ3v) is 7.89. The van der Waals surface area contributed by atoms with Crippen LogP contribution in [0.2, 0.25) is 10.0 Å². The Balaban J connectivity index is 1.33. The fourth-order valence-electron chi connectivity index (χ4n) is 3.89. The Morgan fingerprint density at radius 2 is 1.83 bits per heavy atom. The molecule has 2 amide bonds. The largest absolute Gasteiger partial charge is 0.334 e. The smallest absolute Gasteiger partial charge is 0.317 e. The van der Waals surface area contributed by atoms with E-state index in [1.54, 1.807) is 23.1 Å². The van der Waals surface area contributed by atoms with E-state index in [2.05, 4.69) is 5.32 Å². The number of carbonyl (C=O) groups excluding carboxylic acids is 1. The summed E-state index contributed by atoms with van der Waals surface area (Å²) < 4.78 is 27.1. The summed E-state index contributed by atoms with van der Waals surface area (Å²) in [5, 5.41) is 3.89. The molecule has 2 aliphatic rings. The minimum Gasteiger partial charge on any atom is -0.334 e. The highest BCUT2D eigenvalue weighted by atomic mass is 35.5. The van der Waals surface area contributed by atoms with E-state index >= 15 is 0 Å². The summed E-state index contributed by atoms with van der Waals surface area (Å²) in [4.78, 5) is 14.2. The van der Waals surface area contributed by atoms with Gasteiger partial charge in [-0.1, -0.05) is 59.6 Å². The van der Waals surface area contributed by atoms with Gasteiger partial charge in [-0.15, -0.1) is 0 Å². The molecule has 0 saturated carbocycles. The molecule has 2 unspecified atom stereocenters. The Bertz CT molecular complexity index is 1020. The van der Waals surface area contributed by atoms with Crippen molar-refractivity contribution in [1.82, 2.24) is 14.5 Å². The zero-order valence-corrected chi connectivity index (χ0v) is 17.9. The molecular formula is C20H21Cl2N3O3S. The van der Waals surface area contributed by atoms with Gasteiger partial charge in [0.25, 0.3) is 0 Å². The number of urea groups is 1. The maximum absolute atomic E-state index is 12.8. The molecule has 0 aliphatic carbocycles. The number of rotatable bonds is 5. The Morgan fingerprint density at radius 3 is 2.55 bits per heavy atom. The molecule has 2 aromatic rings. The minimum atomic E-state index is -3.40. The van der Waals surface area contributed by atoms with E-state index in [9.17, 15) is 13.2 Å². The van der Waals surface area contributed by atoms with Gasteiger partial charge in [-0.05, 0) is 23.3 Å². The number of halogens is 2. The van der Waals surface area contributed by atoms with Crippen molar-refractivity contribution in [3.8, 4) is 0 Å². The predicted octanol–water partition coefficient (Wildman–Crippen LogP) is 3.35. The van der Waals surface area contributed by atoms with Gasteiger partial charge in [0, 0.05) is 48.2 Å². The summed E-state index contributed by atoms with van der Waals surface area (Å²) in [5.74, 6) is 0.170. The molecule has 0 radical (unpaired) electrons. The average molecular weight is 454 g/mol. The minimum absolute atomic E-state index is 0.0156. The summed E-state index contributed by atoms with van der Waals surface area (Å²) in [6, 6.07) is 13.9. The SMILES string of the molecule is O=C(NCc1ccc(Cl)cc1Cl)N1CC2CN(S(=O)(=O)Cc3ccccc3)C2C1. The second-order valence-electron chi connectivity index (χ2n) is 7.44. The third-order valence-electron chi connectivity index (χ3n) is 5.47. The molecule has 1 N–H and O–H groups in total. The topological polar surface area (TPSA) is 69.7 Å². The number of fused-ring (bicyclic) bond motifs is 1. The van der Waals surface area contributed by atoms with Crippen molar-refractivity contribution in [3.05, 3.63) is 69.7 Å². The fourth-order valence-corrected chi connectivity index (χ4v) is 6.21. The van der Waals surface area contributed by atoms with Crippen LogP contribution in [0.25, 0.3) is 0 Å². The van der Waals surface area contributed by atoms with E-state index in [1.807, 2.05) is 30.3 Å². The lowest BCUT2D eigenvalue weighted by Gasteiger charge is -2.41. The number of carbonyl (C=O) groups is 1. The molecule has 2 atom stereocenters. The van der Waals surface area contributed by atoms with Crippen LogP contribution < -0.4 is 5.32 Å². The first kappa shape index (κ1) is 20.5. The molecule has 0 aromatic heterocycles. The normalized spacial score (nSPS) is 21.5. The first-order valence-electron chi connectivity index (χ1n) is 9.33. The molecule has 0 bridgehead atoms. The zero-order chi connectivity index (χ0) is 20.6. The van der Waals surface area contributed by atoms with Gasteiger partial charge in [0.15, 0.2) is 0 Å². The Hall–Kier alpha value is -1.80. The molecule has 2 heterocycles. The number of benzene rings is 2. The summed E-state index contributed by atoms with van der Waals surface area (Å²) in [7, 11) is -3.40. The van der Waals surface area contributed by atoms with E-state index in [1.165, 1.54) is 4.31 Å². The number of nitrogens with one attached hydrogen (secondary N) is 1. The molecule has 2 aromatic carbocycles. The van der Waals surface area contributed by atoms with Crippen LogP contribution in [-0.4, -0.2) is 49.3 Å². The van der Waals surface area contributed by atoms with Crippen LogP contribution in [0.5, 0.6) is 0 Å². The van der Waals surface area contributed by atoms with Crippen LogP contribution in [-0.2, 0) is 22.3 Å². The molecule has 154 valence electrons. The Labute approximate surface area is 180 Å². The average Bonchev–Trinajstić information content (AvgIpc) is 2.97. The first-order chi connectivity index (χ1) is 13.8. The predicted molar refractivity (Wildman–Crippen MR) is 113 cm³/mol. The van der Waals surface area contributed by atoms with Gasteiger partial charge < -0.3 is 10.2 Å². The van der Waals surface area contributed by atoms with Gasteiger partial charge >= 0.3 is 6.03 Å². The number of nitrogens with zero attached hydrogens (tertiary/aromatic N) is 2. The highest BCUT2D eigenvalue weighted by Crippen LogP contribution is 2.35. The number of likely N-dealkylation sites (tertiary alicyclic amines) is 1. The molecule has 29 heavy (non-hydrogen) atoms. The van der Waals surface area contributed by atoms with Gasteiger partial charge in [-0.2, -0.15) is 4.31 Å². The van der Waals surface area contributed by atoms with E-state index in [0.29, 0.717) is 29.7 Å². The van der Waals surface area contributed by atoms with Crippen LogP contribution >= 0.6 is 23.2 Å². The molecule has 2 saturated heterocycles. The second kappa shape index (κ2) is 8.14. The van der Waals surface area contributed by atoms with Crippen molar-refractivity contribution in [2.75, 3.05) is 19.6 Å². The van der Waals surface area contributed by atoms with Crippen molar-refractivity contribution >= 4 is 39.3 Å². The van der Waals surface area contributed by atoms with E-state index in [-0.39, 0.29) is 30.3 Å². The lowest BCUT2D eigenvalue weighted by Crippen LogP contribution is -2.58. The van der Waals surface area contributed by atoms with Crippen molar-refractivity contribution < 1.29 is 13.2 Å². The highest BCUT2D eigenvalue weighted by Gasteiger charge is 2.51. The van der Waals surface area contributed by atoms with Crippen molar-refractivity contribution in [2.24, 2.45) is 5.92 Å². The number of hydrogen-bond acceptors (Lipinski definition) is 3. The third kappa shape index (κ3) is 4.38. The molecule has 9 heteroatoms. The molecule has 0 spiro atoms. The van der Waals surface area contributed by atoms with Gasteiger partial charge in [0.05, 0.1) is 5.75 Å².